The average molecular weight is 421 g/mol. The average Bonchev–Trinajstić information content (AvgIpc) is 2.61. The highest BCUT2D eigenvalue weighted by Crippen LogP contribution is 2.46. The fraction of sp³-hybridized carbons (Fsp3) is 0.471. The standard InChI is InChI=1S/C17H16F5N3O2S/c18-10-1-2-12(13(19)4-10)16-8-27-11(3-9(16)7-28-15(23)25-16)5-24-14(6-26)17(20,21)22/h1-2,4-6,9,11,14H,3,7-8H2,(H2,23,25). The summed E-state index contributed by atoms with van der Waals surface area (Å²) in [6.07, 6.45) is -4.74. The topological polar surface area (TPSA) is 77.0 Å². The number of carbonyl (C=O) groups excluding carboxylic acids is 1. The first-order valence-corrected chi connectivity index (χ1v) is 9.25. The van der Waals surface area contributed by atoms with Crippen molar-refractivity contribution in [3.63, 3.8) is 0 Å². The van der Waals surface area contributed by atoms with Gasteiger partial charge in [-0.05, 0) is 12.5 Å². The van der Waals surface area contributed by atoms with Crippen LogP contribution in [0.15, 0.2) is 28.2 Å². The molecular formula is C17H16F5N3O2S. The van der Waals surface area contributed by atoms with Crippen LogP contribution < -0.4 is 5.73 Å². The summed E-state index contributed by atoms with van der Waals surface area (Å²) in [7, 11) is 0. The largest absolute Gasteiger partial charge is 0.417 e. The van der Waals surface area contributed by atoms with Crippen molar-refractivity contribution >= 4 is 29.4 Å². The van der Waals surface area contributed by atoms with Gasteiger partial charge < -0.3 is 15.3 Å². The number of aliphatic imine (C=N–C) groups is 2. The second kappa shape index (κ2) is 7.78. The number of thioether (sulfide) groups is 1. The van der Waals surface area contributed by atoms with Crippen LogP contribution in [0, 0.1) is 17.6 Å². The number of halogens is 5. The van der Waals surface area contributed by atoms with Crippen molar-refractivity contribution in [3.8, 4) is 0 Å². The van der Waals surface area contributed by atoms with Gasteiger partial charge in [0.2, 0.25) is 0 Å². The number of amidine groups is 1. The Morgan fingerprint density at radius 3 is 2.79 bits per heavy atom. The van der Waals surface area contributed by atoms with Crippen LogP contribution in [0.1, 0.15) is 12.0 Å². The molecule has 0 radical (unpaired) electrons. The fourth-order valence-electron chi connectivity index (χ4n) is 3.33. The molecule has 4 unspecified atom stereocenters. The Labute approximate surface area is 161 Å². The molecule has 1 aromatic carbocycles. The van der Waals surface area contributed by atoms with Crippen LogP contribution in [0.3, 0.4) is 0 Å². The normalized spacial score (nSPS) is 29.2. The van der Waals surface area contributed by atoms with Gasteiger partial charge in [-0.2, -0.15) is 13.2 Å². The highest BCUT2D eigenvalue weighted by atomic mass is 32.2. The molecule has 2 aliphatic rings. The second-order valence-corrected chi connectivity index (χ2v) is 7.55. The molecule has 11 heteroatoms. The summed E-state index contributed by atoms with van der Waals surface area (Å²) in [6, 6.07) is 0.643. The molecule has 2 heterocycles. The lowest BCUT2D eigenvalue weighted by Gasteiger charge is -2.45. The predicted octanol–water partition coefficient (Wildman–Crippen LogP) is 2.83. The number of ether oxygens (including phenoxy) is 1. The Balaban J connectivity index is 1.87. The van der Waals surface area contributed by atoms with E-state index in [1.165, 1.54) is 17.8 Å². The number of alkyl halides is 3. The first kappa shape index (κ1) is 20.7. The van der Waals surface area contributed by atoms with Crippen molar-refractivity contribution < 1.29 is 31.5 Å². The molecule has 0 saturated carbocycles. The van der Waals surface area contributed by atoms with Crippen molar-refractivity contribution in [2.75, 3.05) is 12.4 Å². The minimum absolute atomic E-state index is 0.110. The molecule has 1 fully saturated rings. The number of fused-ring (bicyclic) bond motifs is 1. The predicted molar refractivity (Wildman–Crippen MR) is 94.4 cm³/mol. The number of nitrogens with zero attached hydrogens (tertiary/aromatic N) is 2. The van der Waals surface area contributed by atoms with Gasteiger partial charge in [-0.3, -0.25) is 4.99 Å². The van der Waals surface area contributed by atoms with E-state index in [1.807, 2.05) is 0 Å². The molecule has 0 amide bonds. The van der Waals surface area contributed by atoms with E-state index in [9.17, 15) is 26.7 Å². The maximum atomic E-state index is 14.5. The van der Waals surface area contributed by atoms with E-state index in [0.717, 1.165) is 18.3 Å². The van der Waals surface area contributed by atoms with Gasteiger partial charge in [0.25, 0.3) is 0 Å². The lowest BCUT2D eigenvalue weighted by molar-refractivity contribution is -0.153. The maximum absolute atomic E-state index is 14.5. The van der Waals surface area contributed by atoms with Gasteiger partial charge >= 0.3 is 6.18 Å². The number of nitrogens with two attached hydrogens (primary N) is 1. The van der Waals surface area contributed by atoms with Gasteiger partial charge in [-0.15, -0.1) is 0 Å². The van der Waals surface area contributed by atoms with Gasteiger partial charge in [0.05, 0.1) is 12.7 Å². The summed E-state index contributed by atoms with van der Waals surface area (Å²) in [4.78, 5) is 18.3. The number of rotatable bonds is 4. The molecule has 0 aromatic heterocycles. The van der Waals surface area contributed by atoms with E-state index in [4.69, 9.17) is 10.5 Å². The Morgan fingerprint density at radius 2 is 2.14 bits per heavy atom. The van der Waals surface area contributed by atoms with Gasteiger partial charge in [0.15, 0.2) is 17.5 Å². The third-order valence-corrected chi connectivity index (χ3v) is 5.68. The van der Waals surface area contributed by atoms with E-state index in [0.29, 0.717) is 5.75 Å². The lowest BCUT2D eigenvalue weighted by Crippen LogP contribution is -2.50. The van der Waals surface area contributed by atoms with E-state index in [2.05, 4.69) is 9.98 Å². The first-order valence-electron chi connectivity index (χ1n) is 8.26. The smallest absolute Gasteiger partial charge is 0.379 e. The Morgan fingerprint density at radius 1 is 1.39 bits per heavy atom. The zero-order valence-electron chi connectivity index (χ0n) is 14.3. The number of hydrogen-bond donors (Lipinski definition) is 1. The quantitative estimate of drug-likeness (QED) is 0.461. The van der Waals surface area contributed by atoms with Crippen LogP contribution in [0.5, 0.6) is 0 Å². The third kappa shape index (κ3) is 4.04. The summed E-state index contributed by atoms with van der Waals surface area (Å²) in [5.41, 5.74) is 4.72. The van der Waals surface area contributed by atoms with Crippen LogP contribution in [0.2, 0.25) is 0 Å². The molecule has 1 aromatic rings. The SMILES string of the molecule is NC1=NC2(c3ccc(F)cc3F)COC(C=NC(C=O)C(F)(F)F)CC2CS1. The van der Waals surface area contributed by atoms with Crippen LogP contribution in [0.25, 0.3) is 0 Å². The monoisotopic (exact) mass is 421 g/mol. The molecule has 0 aliphatic carbocycles. The van der Waals surface area contributed by atoms with Gasteiger partial charge in [0.1, 0.15) is 17.2 Å². The summed E-state index contributed by atoms with van der Waals surface area (Å²) < 4.78 is 71.3. The number of benzene rings is 1. The highest BCUT2D eigenvalue weighted by molar-refractivity contribution is 8.13. The molecule has 1 saturated heterocycles. The van der Waals surface area contributed by atoms with Crippen molar-refractivity contribution in [2.45, 2.75) is 30.3 Å². The molecule has 0 spiro atoms. The van der Waals surface area contributed by atoms with E-state index >= 15 is 0 Å². The molecular weight excluding hydrogens is 405 g/mol. The molecule has 28 heavy (non-hydrogen) atoms. The Kier molecular flexibility index (Phi) is 5.76. The Bertz CT molecular complexity index is 816. The second-order valence-electron chi connectivity index (χ2n) is 6.51. The van der Waals surface area contributed by atoms with E-state index in [-0.39, 0.29) is 36.0 Å². The third-order valence-electron chi connectivity index (χ3n) is 4.73. The molecule has 4 atom stereocenters. The Hall–Kier alpha value is -2.01. The number of hydrogen-bond acceptors (Lipinski definition) is 6. The number of carbonyl (C=O) groups is 1. The van der Waals surface area contributed by atoms with Gasteiger partial charge in [0, 0.05) is 29.5 Å². The van der Waals surface area contributed by atoms with Crippen LogP contribution in [0.4, 0.5) is 22.0 Å². The molecule has 152 valence electrons. The van der Waals surface area contributed by atoms with Crippen LogP contribution >= 0.6 is 11.8 Å². The van der Waals surface area contributed by atoms with Gasteiger partial charge in [-0.1, -0.05) is 17.8 Å². The fourth-order valence-corrected chi connectivity index (χ4v) is 4.34. The molecule has 0 bridgehead atoms. The van der Waals surface area contributed by atoms with Crippen molar-refractivity contribution in [1.82, 2.24) is 0 Å². The zero-order valence-corrected chi connectivity index (χ0v) is 15.1. The summed E-state index contributed by atoms with van der Waals surface area (Å²) in [6.45, 7) is -0.171. The van der Waals surface area contributed by atoms with Crippen LogP contribution in [-0.4, -0.2) is 48.4 Å². The van der Waals surface area contributed by atoms with E-state index in [1.54, 1.807) is 0 Å². The highest BCUT2D eigenvalue weighted by Gasteiger charge is 2.49. The summed E-state index contributed by atoms with van der Waals surface area (Å²) >= 11 is 1.24. The molecule has 2 N–H and O–H groups in total. The first-order chi connectivity index (χ1) is 13.2. The molecule has 2 aliphatic heterocycles. The summed E-state index contributed by atoms with van der Waals surface area (Å²) in [5, 5.41) is 0.216. The number of aldehydes is 1. The van der Waals surface area contributed by atoms with Crippen LogP contribution in [-0.2, 0) is 15.1 Å². The zero-order chi connectivity index (χ0) is 20.5. The lowest BCUT2D eigenvalue weighted by atomic mass is 9.75. The summed E-state index contributed by atoms with van der Waals surface area (Å²) in [5.74, 6) is -1.46. The minimum atomic E-state index is -4.78. The van der Waals surface area contributed by atoms with Gasteiger partial charge in [-0.25, -0.2) is 13.8 Å². The molecule has 3 rings (SSSR count). The van der Waals surface area contributed by atoms with E-state index < -0.39 is 35.5 Å². The van der Waals surface area contributed by atoms with Crippen molar-refractivity contribution in [3.05, 3.63) is 35.4 Å². The van der Waals surface area contributed by atoms with Crippen molar-refractivity contribution in [2.24, 2.45) is 21.6 Å². The van der Waals surface area contributed by atoms with Crippen molar-refractivity contribution in [1.29, 1.82) is 0 Å². The maximum Gasteiger partial charge on any atom is 0.417 e. The molecule has 5 nitrogen and oxygen atoms in total. The minimum Gasteiger partial charge on any atom is -0.379 e.